The number of primary amides is 1. The van der Waals surface area contributed by atoms with E-state index >= 15 is 0 Å². The minimum atomic E-state index is -0.581. The maximum atomic E-state index is 12.2. The summed E-state index contributed by atoms with van der Waals surface area (Å²) < 4.78 is 0. The fraction of sp³-hybridized carbons (Fsp3) is 0.886. The van der Waals surface area contributed by atoms with Crippen LogP contribution in [0, 0.1) is 17.8 Å². The number of unbranched alkanes of at least 4 members (excludes halogenated alkanes) is 1. The Morgan fingerprint density at radius 2 is 1.20 bits per heavy atom. The van der Waals surface area contributed by atoms with Crippen LogP contribution in [-0.2, 0) is 19.2 Å². The maximum absolute atomic E-state index is 12.2. The van der Waals surface area contributed by atoms with E-state index in [2.05, 4.69) is 49.4 Å². The monoisotopic (exact) mass is 679 g/mol. The molecule has 0 heterocycles. The van der Waals surface area contributed by atoms with Crippen LogP contribution in [0.3, 0.4) is 0 Å². The van der Waals surface area contributed by atoms with Crippen LogP contribution in [0.4, 0.5) is 0 Å². The van der Waals surface area contributed by atoms with E-state index in [0.29, 0.717) is 12.0 Å². The van der Waals surface area contributed by atoms with Crippen LogP contribution in [0.1, 0.15) is 148 Å². The second-order valence-electron chi connectivity index (χ2n) is 8.19. The first-order chi connectivity index (χ1) is 21.3. The van der Waals surface area contributed by atoms with Gasteiger partial charge in [-0.2, -0.15) is 0 Å². The van der Waals surface area contributed by atoms with Gasteiger partial charge in [-0.1, -0.05) is 129 Å². The van der Waals surface area contributed by atoms with E-state index in [-0.39, 0.29) is 75.4 Å². The van der Waals surface area contributed by atoms with Crippen molar-refractivity contribution in [3.8, 4) is 0 Å². The predicted octanol–water partition coefficient (Wildman–Crippen LogP) is 4.97. The maximum Gasteiger partial charge on any atom is 1.00 e. The number of rotatable bonds is 10. The normalized spacial score (nSPS) is 12.0. The minimum absolute atomic E-state index is 0. The zero-order chi connectivity index (χ0) is 37.4. The first kappa shape index (κ1) is 71.0. The molecule has 1 saturated carbocycles. The van der Waals surface area contributed by atoms with Crippen LogP contribution in [0.25, 0.3) is 5.32 Å². The summed E-state index contributed by atoms with van der Waals surface area (Å²) in [6, 6.07) is 0.328. The molecule has 0 aliphatic heterocycles. The number of aliphatic hydroxyl groups excluding tert-OH is 1. The number of nitrogens with one attached hydrogen (secondary N) is 2. The molecule has 274 valence electrons. The number of aliphatic hydroxyl groups is 1. The molecule has 9 nitrogen and oxygen atoms in total. The predicted molar refractivity (Wildman–Crippen MR) is 197 cm³/mol. The SMILES string of the molecule is C=O.CC.CC.CC.CC.CCCC.CCCC(C(C)C(=O)C(=O)[N-]C)C(NC)C1CCCCC1.CCNC.CO.NC=O.[K+]. The van der Waals surface area contributed by atoms with Crippen molar-refractivity contribution in [3.63, 3.8) is 0 Å². The van der Waals surface area contributed by atoms with Crippen molar-refractivity contribution in [2.45, 2.75) is 154 Å². The Morgan fingerprint density at radius 3 is 1.42 bits per heavy atom. The quantitative estimate of drug-likeness (QED) is 0.145. The zero-order valence-corrected chi connectivity index (χ0v) is 36.9. The van der Waals surface area contributed by atoms with E-state index in [1.807, 2.05) is 83.2 Å². The van der Waals surface area contributed by atoms with E-state index in [9.17, 15) is 9.59 Å². The molecule has 0 saturated heterocycles. The molecule has 0 bridgehead atoms. The first-order valence-electron chi connectivity index (χ1n) is 17.2. The Kier molecular flexibility index (Phi) is 125. The molecule has 1 aliphatic carbocycles. The third-order valence-electron chi connectivity index (χ3n) is 5.90. The number of hydrogen-bond donors (Lipinski definition) is 4. The smallest absolute Gasteiger partial charge is 0.649 e. The van der Waals surface area contributed by atoms with Crippen LogP contribution in [0.2, 0.25) is 0 Å². The molecule has 5 N–H and O–H groups in total. The van der Waals surface area contributed by atoms with Crippen LogP contribution in [-0.4, -0.2) is 70.8 Å². The van der Waals surface area contributed by atoms with Crippen molar-refractivity contribution < 1.29 is 75.7 Å². The number of likely N-dealkylation sites (N-methyl/N-ethyl adjacent to an activating group) is 1. The number of nitrogens with two attached hydrogens (primary N) is 1. The molecule has 3 unspecified atom stereocenters. The van der Waals surface area contributed by atoms with Gasteiger partial charge in [0, 0.05) is 19.1 Å². The van der Waals surface area contributed by atoms with Crippen LogP contribution in [0.15, 0.2) is 0 Å². The molecule has 0 spiro atoms. The summed E-state index contributed by atoms with van der Waals surface area (Å²) in [4.78, 5) is 40.4. The van der Waals surface area contributed by atoms with Gasteiger partial charge in [0.05, 0.1) is 0 Å². The van der Waals surface area contributed by atoms with Crippen molar-refractivity contribution in [2.24, 2.45) is 23.5 Å². The number of hydrogen-bond acceptors (Lipinski definition) is 7. The third kappa shape index (κ3) is 56.5. The number of carbonyl (C=O) groups is 4. The molecular formula is C35H83KN4O5. The summed E-state index contributed by atoms with van der Waals surface area (Å²) in [5.41, 5.74) is 4.17. The number of Topliss-reactive ketones (excluding diaryl/α,β-unsaturated/α-hetero) is 1. The molecule has 45 heavy (non-hydrogen) atoms. The Bertz CT molecular complexity index is 463. The number of amides is 2. The molecule has 2 amide bonds. The van der Waals surface area contributed by atoms with Gasteiger partial charge in [0.15, 0.2) is 5.78 Å². The molecule has 0 aromatic rings. The number of nitrogens with zero attached hydrogens (tertiary/aromatic N) is 1. The van der Waals surface area contributed by atoms with Crippen molar-refractivity contribution in [1.29, 1.82) is 0 Å². The van der Waals surface area contributed by atoms with Gasteiger partial charge >= 0.3 is 51.4 Å². The van der Waals surface area contributed by atoms with Gasteiger partial charge in [0.2, 0.25) is 6.41 Å². The average molecular weight is 679 g/mol. The molecule has 0 aromatic carbocycles. The second-order valence-corrected chi connectivity index (χ2v) is 8.19. The van der Waals surface area contributed by atoms with Crippen LogP contribution >= 0.6 is 0 Å². The summed E-state index contributed by atoms with van der Waals surface area (Å²) in [6.45, 7) is 29.5. The molecular weight excluding hydrogens is 596 g/mol. The first-order valence-corrected chi connectivity index (χ1v) is 17.2. The van der Waals surface area contributed by atoms with E-state index in [4.69, 9.17) is 14.7 Å². The Balaban J connectivity index is -0.0000000529. The topological polar surface area (TPSA) is 153 Å². The molecule has 1 fully saturated rings. The Labute approximate surface area is 326 Å². The van der Waals surface area contributed by atoms with E-state index in [1.54, 1.807) is 0 Å². The van der Waals surface area contributed by atoms with E-state index < -0.39 is 5.91 Å². The molecule has 3 atom stereocenters. The van der Waals surface area contributed by atoms with Gasteiger partial charge in [-0.3, -0.25) is 9.59 Å². The molecule has 1 rings (SSSR count). The second kappa shape index (κ2) is 79.3. The molecule has 1 aliphatic rings. The average Bonchev–Trinajstić information content (AvgIpc) is 3.13. The van der Waals surface area contributed by atoms with Gasteiger partial charge < -0.3 is 36.4 Å². The van der Waals surface area contributed by atoms with Crippen molar-refractivity contribution in [1.82, 2.24) is 10.6 Å². The van der Waals surface area contributed by atoms with Gasteiger partial charge in [-0.25, -0.2) is 0 Å². The summed E-state index contributed by atoms with van der Waals surface area (Å²) in [7, 11) is 6.32. The number of carbonyl (C=O) groups excluding carboxylic acids is 4. The van der Waals surface area contributed by atoms with Crippen molar-refractivity contribution >= 4 is 24.9 Å². The van der Waals surface area contributed by atoms with Gasteiger partial charge in [-0.15, -0.1) is 7.05 Å². The Morgan fingerprint density at radius 1 is 0.867 bits per heavy atom. The van der Waals surface area contributed by atoms with E-state index in [1.165, 1.54) is 52.0 Å². The van der Waals surface area contributed by atoms with Gasteiger partial charge in [0.25, 0.3) is 0 Å². The zero-order valence-electron chi connectivity index (χ0n) is 33.8. The molecule has 0 radical (unpaired) electrons. The van der Waals surface area contributed by atoms with Crippen LogP contribution < -0.4 is 67.8 Å². The summed E-state index contributed by atoms with van der Waals surface area (Å²) in [5.74, 6) is -0.305. The van der Waals surface area contributed by atoms with Gasteiger partial charge in [-0.05, 0) is 51.7 Å². The molecule has 10 heteroatoms. The fourth-order valence-corrected chi connectivity index (χ4v) is 3.87. The Hall–Kier alpha value is -0.204. The van der Waals surface area contributed by atoms with Crippen molar-refractivity contribution in [2.75, 3.05) is 34.8 Å². The fourth-order valence-electron chi connectivity index (χ4n) is 3.87. The third-order valence-corrected chi connectivity index (χ3v) is 5.90. The molecule has 0 aromatic heterocycles. The summed E-state index contributed by atoms with van der Waals surface area (Å²) in [5, 5.41) is 16.9. The summed E-state index contributed by atoms with van der Waals surface area (Å²) >= 11 is 0. The van der Waals surface area contributed by atoms with E-state index in [0.717, 1.165) is 26.5 Å². The van der Waals surface area contributed by atoms with Gasteiger partial charge in [0.1, 0.15) is 12.7 Å². The largest absolute Gasteiger partial charge is 1.00 e. The standard InChI is InChI=1S/C17H32N2O2.C4H10.C3H9N.4C2H6.CH3NO.CH4O.CH2O.K/c1-5-9-14(12(2)16(20)17(21)19-4)15(18-3)13-10-7-6-8-11-13;2*1-3-4-2;4*1-2;2-1-3;2*1-2;/h12-15,18H,5-11H2,1-4H3,(H,19,21);3-4H2,1-2H3;4H,3H2,1-2H3;4*1-2H3;1H,(H2,2,3);2H,1H3;1H2;/q;;;;;;;;;;+1/p-1. The minimum Gasteiger partial charge on any atom is -0.649 e. The van der Waals surface area contributed by atoms with Crippen molar-refractivity contribution in [3.05, 3.63) is 5.32 Å². The summed E-state index contributed by atoms with van der Waals surface area (Å²) in [6.07, 6.45) is 11.3. The number of ketones is 1. The van der Waals surface area contributed by atoms with Crippen LogP contribution in [0.5, 0.6) is 0 Å².